The highest BCUT2D eigenvalue weighted by Crippen LogP contribution is 2.23. The van der Waals surface area contributed by atoms with E-state index >= 15 is 0 Å². The van der Waals surface area contributed by atoms with Gasteiger partial charge in [-0.25, -0.2) is 0 Å². The molecule has 3 rings (SSSR count). The Morgan fingerprint density at radius 3 is 2.42 bits per heavy atom. The van der Waals surface area contributed by atoms with Crippen LogP contribution < -0.4 is 14.4 Å². The molecule has 1 heterocycles. The SMILES string of the molecule is COc1ccc(/C=N\N2CC[NH+](Cc3ccc(C)cc3)CC2)c(OC)c1. The van der Waals surface area contributed by atoms with E-state index in [4.69, 9.17) is 9.47 Å². The second-order valence-corrected chi connectivity index (χ2v) is 6.72. The van der Waals surface area contributed by atoms with E-state index in [9.17, 15) is 0 Å². The zero-order valence-corrected chi connectivity index (χ0v) is 15.9. The van der Waals surface area contributed by atoms with Crippen LogP contribution in [-0.4, -0.2) is 51.6 Å². The molecule has 0 aromatic heterocycles. The van der Waals surface area contributed by atoms with Crippen molar-refractivity contribution < 1.29 is 14.4 Å². The summed E-state index contributed by atoms with van der Waals surface area (Å²) in [5.41, 5.74) is 3.69. The molecule has 0 radical (unpaired) electrons. The Hall–Kier alpha value is -2.53. The Morgan fingerprint density at radius 2 is 1.77 bits per heavy atom. The number of benzene rings is 2. The summed E-state index contributed by atoms with van der Waals surface area (Å²) in [7, 11) is 3.32. The van der Waals surface area contributed by atoms with Gasteiger partial charge < -0.3 is 14.4 Å². The second kappa shape index (κ2) is 8.72. The quantitative estimate of drug-likeness (QED) is 0.804. The summed E-state index contributed by atoms with van der Waals surface area (Å²) in [6, 6.07) is 14.6. The van der Waals surface area contributed by atoms with Crippen molar-refractivity contribution in [2.45, 2.75) is 13.5 Å². The standard InChI is InChI=1S/C21H27N3O2/c1-17-4-6-18(7-5-17)16-23-10-12-24(13-11-23)22-15-19-8-9-20(25-2)14-21(19)26-3/h4-9,14-15H,10-13,16H2,1-3H3/p+1/b22-15-. The molecule has 2 aromatic carbocycles. The lowest BCUT2D eigenvalue weighted by Gasteiger charge is -2.30. The summed E-state index contributed by atoms with van der Waals surface area (Å²) >= 11 is 0. The zero-order valence-electron chi connectivity index (χ0n) is 15.9. The number of nitrogens with one attached hydrogen (secondary N) is 1. The van der Waals surface area contributed by atoms with Gasteiger partial charge in [0.15, 0.2) is 0 Å². The molecule has 1 aliphatic heterocycles. The van der Waals surface area contributed by atoms with Gasteiger partial charge in [-0.05, 0) is 19.1 Å². The van der Waals surface area contributed by atoms with Crippen LogP contribution in [0.15, 0.2) is 47.6 Å². The largest absolute Gasteiger partial charge is 0.497 e. The first-order valence-corrected chi connectivity index (χ1v) is 9.08. The first-order valence-electron chi connectivity index (χ1n) is 9.08. The van der Waals surface area contributed by atoms with Gasteiger partial charge in [0, 0.05) is 17.2 Å². The second-order valence-electron chi connectivity index (χ2n) is 6.72. The van der Waals surface area contributed by atoms with Gasteiger partial charge in [-0.1, -0.05) is 29.8 Å². The normalized spacial score (nSPS) is 15.4. The van der Waals surface area contributed by atoms with E-state index in [2.05, 4.69) is 41.3 Å². The lowest BCUT2D eigenvalue weighted by Crippen LogP contribution is -3.13. The average Bonchev–Trinajstić information content (AvgIpc) is 2.69. The van der Waals surface area contributed by atoms with Crippen molar-refractivity contribution in [3.8, 4) is 11.5 Å². The highest BCUT2D eigenvalue weighted by atomic mass is 16.5. The van der Waals surface area contributed by atoms with Crippen LogP contribution in [0.5, 0.6) is 11.5 Å². The molecule has 5 heteroatoms. The third-order valence-corrected chi connectivity index (χ3v) is 4.82. The molecule has 0 aliphatic carbocycles. The minimum absolute atomic E-state index is 0.775. The zero-order chi connectivity index (χ0) is 18.4. The van der Waals surface area contributed by atoms with Crippen LogP contribution in [0.3, 0.4) is 0 Å². The maximum atomic E-state index is 5.43. The van der Waals surface area contributed by atoms with E-state index in [1.807, 2.05) is 24.4 Å². The number of ether oxygens (including phenoxy) is 2. The first kappa shape index (κ1) is 18.3. The van der Waals surface area contributed by atoms with Crippen LogP contribution in [0.4, 0.5) is 0 Å². The molecule has 0 amide bonds. The van der Waals surface area contributed by atoms with Gasteiger partial charge in [-0.3, -0.25) is 5.01 Å². The predicted molar refractivity (Wildman–Crippen MR) is 104 cm³/mol. The van der Waals surface area contributed by atoms with E-state index in [1.54, 1.807) is 19.1 Å². The smallest absolute Gasteiger partial charge is 0.131 e. The molecular weight excluding hydrogens is 326 g/mol. The summed E-state index contributed by atoms with van der Waals surface area (Å²) in [5, 5.41) is 6.79. The Bertz CT molecular complexity index is 735. The fourth-order valence-corrected chi connectivity index (χ4v) is 3.17. The Kier molecular flexibility index (Phi) is 6.12. The van der Waals surface area contributed by atoms with E-state index in [1.165, 1.54) is 11.1 Å². The van der Waals surface area contributed by atoms with Crippen molar-refractivity contribution in [3.05, 3.63) is 59.2 Å². The van der Waals surface area contributed by atoms with Gasteiger partial charge in [-0.15, -0.1) is 0 Å². The van der Waals surface area contributed by atoms with E-state index in [0.717, 1.165) is 49.8 Å². The Morgan fingerprint density at radius 1 is 1.04 bits per heavy atom. The summed E-state index contributed by atoms with van der Waals surface area (Å²) in [5.74, 6) is 1.56. The molecule has 1 N–H and O–H groups in total. The van der Waals surface area contributed by atoms with Crippen LogP contribution >= 0.6 is 0 Å². The molecule has 5 nitrogen and oxygen atoms in total. The Balaban J connectivity index is 1.53. The number of methoxy groups -OCH3 is 2. The van der Waals surface area contributed by atoms with Crippen molar-refractivity contribution in [1.29, 1.82) is 0 Å². The maximum Gasteiger partial charge on any atom is 0.131 e. The first-order chi connectivity index (χ1) is 12.7. The van der Waals surface area contributed by atoms with Crippen LogP contribution in [0, 0.1) is 6.92 Å². The van der Waals surface area contributed by atoms with Gasteiger partial charge >= 0.3 is 0 Å². The van der Waals surface area contributed by atoms with Gasteiger partial charge in [0.2, 0.25) is 0 Å². The topological polar surface area (TPSA) is 38.5 Å². The number of piperazine rings is 1. The number of quaternary nitrogens is 1. The minimum atomic E-state index is 0.775. The molecule has 2 aromatic rings. The fourth-order valence-electron chi connectivity index (χ4n) is 3.17. The van der Waals surface area contributed by atoms with Crippen LogP contribution in [0.1, 0.15) is 16.7 Å². The molecular formula is C21H28N3O2+. The van der Waals surface area contributed by atoms with E-state index < -0.39 is 0 Å². The van der Waals surface area contributed by atoms with Crippen molar-refractivity contribution in [1.82, 2.24) is 5.01 Å². The highest BCUT2D eigenvalue weighted by molar-refractivity contribution is 5.83. The van der Waals surface area contributed by atoms with E-state index in [0.29, 0.717) is 0 Å². The number of nitrogens with zero attached hydrogens (tertiary/aromatic N) is 2. The van der Waals surface area contributed by atoms with Crippen LogP contribution in [-0.2, 0) is 6.54 Å². The number of hydrogen-bond donors (Lipinski definition) is 1. The van der Waals surface area contributed by atoms with Crippen molar-refractivity contribution in [3.63, 3.8) is 0 Å². The van der Waals surface area contributed by atoms with E-state index in [-0.39, 0.29) is 0 Å². The van der Waals surface area contributed by atoms with Gasteiger partial charge in [0.1, 0.15) is 18.0 Å². The minimum Gasteiger partial charge on any atom is -0.497 e. The summed E-state index contributed by atoms with van der Waals surface area (Å²) in [4.78, 5) is 1.61. The fraction of sp³-hybridized carbons (Fsp3) is 0.381. The summed E-state index contributed by atoms with van der Waals surface area (Å²) in [6.45, 7) is 7.36. The Labute approximate surface area is 155 Å². The number of hydrazone groups is 1. The van der Waals surface area contributed by atoms with Crippen molar-refractivity contribution in [2.75, 3.05) is 40.4 Å². The summed E-state index contributed by atoms with van der Waals surface area (Å²) < 4.78 is 10.7. The predicted octanol–water partition coefficient (Wildman–Crippen LogP) is 1.75. The third-order valence-electron chi connectivity index (χ3n) is 4.82. The number of rotatable bonds is 6. The number of hydrogen-bond acceptors (Lipinski definition) is 4. The van der Waals surface area contributed by atoms with Gasteiger partial charge in [-0.2, -0.15) is 5.10 Å². The summed E-state index contributed by atoms with van der Waals surface area (Å²) in [6.07, 6.45) is 1.88. The molecule has 0 bridgehead atoms. The van der Waals surface area contributed by atoms with Crippen LogP contribution in [0.25, 0.3) is 0 Å². The molecule has 1 saturated heterocycles. The molecule has 0 spiro atoms. The number of aryl methyl sites for hydroxylation is 1. The molecule has 0 saturated carbocycles. The highest BCUT2D eigenvalue weighted by Gasteiger charge is 2.18. The average molecular weight is 354 g/mol. The van der Waals surface area contributed by atoms with Crippen LogP contribution in [0.2, 0.25) is 0 Å². The molecule has 26 heavy (non-hydrogen) atoms. The molecule has 0 unspecified atom stereocenters. The van der Waals surface area contributed by atoms with Crippen molar-refractivity contribution in [2.24, 2.45) is 5.10 Å². The molecule has 1 aliphatic rings. The molecule has 0 atom stereocenters. The molecule has 138 valence electrons. The lowest BCUT2D eigenvalue weighted by molar-refractivity contribution is -0.918. The third kappa shape index (κ3) is 4.76. The molecule has 1 fully saturated rings. The monoisotopic (exact) mass is 354 g/mol. The lowest BCUT2D eigenvalue weighted by atomic mass is 10.1. The van der Waals surface area contributed by atoms with Gasteiger partial charge in [0.05, 0.1) is 46.6 Å². The van der Waals surface area contributed by atoms with Gasteiger partial charge in [0.25, 0.3) is 0 Å². The van der Waals surface area contributed by atoms with Crippen molar-refractivity contribution >= 4 is 6.21 Å². The maximum absolute atomic E-state index is 5.43.